The Morgan fingerprint density at radius 2 is 1.50 bits per heavy atom. The van der Waals surface area contributed by atoms with Crippen molar-refractivity contribution in [2.24, 2.45) is 5.92 Å². The van der Waals surface area contributed by atoms with Crippen LogP contribution in [0.5, 0.6) is 0 Å². The second-order valence-electron chi connectivity index (χ2n) is 8.62. The first-order chi connectivity index (χ1) is 14.5. The monoisotopic (exact) mass is 442 g/mol. The minimum Gasteiger partial charge on any atom is -0.481 e. The molecule has 1 rings (SSSR count). The van der Waals surface area contributed by atoms with E-state index in [2.05, 4.69) is 13.0 Å². The Morgan fingerprint density at radius 3 is 2.03 bits per heavy atom. The second kappa shape index (κ2) is 16.7. The lowest BCUT2D eigenvalue weighted by Gasteiger charge is -2.36. The molecule has 1 aliphatic rings. The van der Waals surface area contributed by atoms with Gasteiger partial charge in [0, 0.05) is 0 Å². The number of thioether (sulfide) groups is 1. The lowest BCUT2D eigenvalue weighted by molar-refractivity contribution is -0.139. The maximum absolute atomic E-state index is 11.0. The van der Waals surface area contributed by atoms with Crippen molar-refractivity contribution < 1.29 is 24.9 Å². The van der Waals surface area contributed by atoms with Gasteiger partial charge in [0.2, 0.25) is 0 Å². The van der Waals surface area contributed by atoms with Gasteiger partial charge in [0.25, 0.3) is 0 Å². The van der Waals surface area contributed by atoms with Crippen LogP contribution in [0, 0.1) is 5.92 Å². The summed E-state index contributed by atoms with van der Waals surface area (Å²) in [7, 11) is 0. The molecule has 0 heterocycles. The van der Waals surface area contributed by atoms with Crippen molar-refractivity contribution >= 4 is 23.7 Å². The lowest BCUT2D eigenvalue weighted by Crippen LogP contribution is -2.38. The fourth-order valence-electron chi connectivity index (χ4n) is 4.26. The average Bonchev–Trinajstić information content (AvgIpc) is 2.69. The van der Waals surface area contributed by atoms with Gasteiger partial charge < -0.3 is 15.3 Å². The molecular weight excluding hydrogens is 400 g/mol. The summed E-state index contributed by atoms with van der Waals surface area (Å²) in [4.78, 5) is 22.0. The third-order valence-corrected chi connectivity index (χ3v) is 7.35. The number of hydrogen-bond acceptors (Lipinski definition) is 4. The number of aliphatic hydroxyl groups is 1. The molecule has 6 heteroatoms. The van der Waals surface area contributed by atoms with Crippen LogP contribution in [0.2, 0.25) is 0 Å². The third kappa shape index (κ3) is 12.0. The van der Waals surface area contributed by atoms with Gasteiger partial charge in [0.1, 0.15) is 0 Å². The molecule has 0 bridgehead atoms. The molecule has 5 nitrogen and oxygen atoms in total. The van der Waals surface area contributed by atoms with Crippen molar-refractivity contribution in [2.45, 2.75) is 115 Å². The number of aliphatic hydroxyl groups excluding tert-OH is 1. The van der Waals surface area contributed by atoms with Crippen molar-refractivity contribution in [3.05, 3.63) is 11.6 Å². The van der Waals surface area contributed by atoms with E-state index >= 15 is 0 Å². The minimum atomic E-state index is -0.908. The van der Waals surface area contributed by atoms with Gasteiger partial charge in [-0.3, -0.25) is 9.59 Å². The number of aliphatic carboxylic acids is 2. The smallest absolute Gasteiger partial charge is 0.313 e. The van der Waals surface area contributed by atoms with E-state index in [0.29, 0.717) is 6.42 Å². The molecule has 1 aliphatic carbocycles. The Balaban J connectivity index is 2.30. The quantitative estimate of drug-likeness (QED) is 0.188. The zero-order chi connectivity index (χ0) is 22.2. The van der Waals surface area contributed by atoms with Crippen LogP contribution in [0.1, 0.15) is 103 Å². The highest BCUT2D eigenvalue weighted by Gasteiger charge is 2.36. The van der Waals surface area contributed by atoms with Gasteiger partial charge in [0.15, 0.2) is 0 Å². The Labute approximate surface area is 186 Å². The molecule has 0 aromatic heterocycles. The molecule has 0 unspecified atom stereocenters. The molecule has 30 heavy (non-hydrogen) atoms. The summed E-state index contributed by atoms with van der Waals surface area (Å²) in [6.07, 6.45) is 18.0. The summed E-state index contributed by atoms with van der Waals surface area (Å²) >= 11 is 1.23. The van der Waals surface area contributed by atoms with E-state index in [-0.39, 0.29) is 23.3 Å². The molecule has 1 fully saturated rings. The Kier molecular flexibility index (Phi) is 15.0. The van der Waals surface area contributed by atoms with Gasteiger partial charge >= 0.3 is 11.9 Å². The molecular formula is C24H42O5S. The molecule has 0 aromatic rings. The van der Waals surface area contributed by atoms with Gasteiger partial charge in [-0.1, -0.05) is 82.8 Å². The fraction of sp³-hybridized carbons (Fsp3) is 0.833. The molecule has 1 saturated carbocycles. The Morgan fingerprint density at radius 1 is 0.933 bits per heavy atom. The number of hydrogen-bond donors (Lipinski definition) is 3. The molecule has 0 radical (unpaired) electrons. The van der Waals surface area contributed by atoms with E-state index in [1.807, 2.05) is 0 Å². The third-order valence-electron chi connectivity index (χ3n) is 6.00. The van der Waals surface area contributed by atoms with Crippen LogP contribution in [0.3, 0.4) is 0 Å². The second-order valence-corrected chi connectivity index (χ2v) is 9.75. The molecule has 3 atom stereocenters. The number of carboxylic acids is 2. The number of carbonyl (C=O) groups is 2. The van der Waals surface area contributed by atoms with Crippen LogP contribution < -0.4 is 0 Å². The van der Waals surface area contributed by atoms with Gasteiger partial charge in [-0.2, -0.15) is 0 Å². The molecule has 0 amide bonds. The van der Waals surface area contributed by atoms with E-state index in [4.69, 9.17) is 10.2 Å². The van der Waals surface area contributed by atoms with Gasteiger partial charge in [-0.15, -0.1) is 11.8 Å². The van der Waals surface area contributed by atoms with Gasteiger partial charge in [-0.05, 0) is 31.6 Å². The summed E-state index contributed by atoms with van der Waals surface area (Å²) in [5.74, 6) is -2.18. The summed E-state index contributed by atoms with van der Waals surface area (Å²) in [6, 6.07) is 0. The highest BCUT2D eigenvalue weighted by atomic mass is 32.2. The highest BCUT2D eigenvalue weighted by Crippen LogP contribution is 2.38. The summed E-state index contributed by atoms with van der Waals surface area (Å²) < 4.78 is 0. The van der Waals surface area contributed by atoms with Crippen molar-refractivity contribution in [3.63, 3.8) is 0 Å². The van der Waals surface area contributed by atoms with Gasteiger partial charge in [0.05, 0.1) is 23.5 Å². The topological polar surface area (TPSA) is 94.8 Å². The molecule has 0 saturated heterocycles. The molecule has 0 spiro atoms. The van der Waals surface area contributed by atoms with Gasteiger partial charge in [-0.25, -0.2) is 0 Å². The summed E-state index contributed by atoms with van der Waals surface area (Å²) in [5.41, 5.74) is 1.10. The van der Waals surface area contributed by atoms with Crippen molar-refractivity contribution in [3.8, 4) is 0 Å². The van der Waals surface area contributed by atoms with Crippen molar-refractivity contribution in [2.75, 3.05) is 5.75 Å². The van der Waals surface area contributed by atoms with Crippen LogP contribution >= 0.6 is 11.8 Å². The molecule has 0 aliphatic heterocycles. The number of unbranched alkanes of at least 4 members (excludes halogenated alkanes) is 11. The first kappa shape index (κ1) is 27.0. The van der Waals surface area contributed by atoms with Crippen LogP contribution in [-0.2, 0) is 9.59 Å². The Hall–Kier alpha value is -1.01. The van der Waals surface area contributed by atoms with E-state index in [0.717, 1.165) is 24.8 Å². The van der Waals surface area contributed by atoms with Crippen molar-refractivity contribution in [1.82, 2.24) is 0 Å². The molecule has 0 aromatic carbocycles. The van der Waals surface area contributed by atoms with Crippen LogP contribution in [0.25, 0.3) is 0 Å². The summed E-state index contributed by atoms with van der Waals surface area (Å²) in [5, 5.41) is 28.4. The van der Waals surface area contributed by atoms with Crippen molar-refractivity contribution in [1.29, 1.82) is 0 Å². The Bertz CT molecular complexity index is 520. The zero-order valence-electron chi connectivity index (χ0n) is 18.7. The number of allylic oxidation sites excluding steroid dienone is 1. The van der Waals surface area contributed by atoms with E-state index in [1.54, 1.807) is 0 Å². The maximum Gasteiger partial charge on any atom is 0.313 e. The standard InChI is InChI=1S/C24H42O5S/c1-2-3-4-5-6-7-8-9-10-11-12-13-14-19-15-16-20(17-21(25)26)23(29)24(19)30-18-22(27)28/h14,20,23-24,29H,2-13,15-18H2,1H3,(H,25,26)(H,27,28)/b19-14+/t20-,23-,24-/m1/s1. The molecule has 3 N–H and O–H groups in total. The predicted molar refractivity (Wildman–Crippen MR) is 124 cm³/mol. The average molecular weight is 443 g/mol. The van der Waals surface area contributed by atoms with E-state index in [9.17, 15) is 14.7 Å². The minimum absolute atomic E-state index is 0.0584. The van der Waals surface area contributed by atoms with E-state index in [1.165, 1.54) is 76.0 Å². The summed E-state index contributed by atoms with van der Waals surface area (Å²) in [6.45, 7) is 2.25. The zero-order valence-corrected chi connectivity index (χ0v) is 19.5. The lowest BCUT2D eigenvalue weighted by atomic mass is 9.80. The normalized spacial score (nSPS) is 23.0. The van der Waals surface area contributed by atoms with Crippen LogP contribution in [-0.4, -0.2) is 44.4 Å². The maximum atomic E-state index is 11.0. The molecule has 174 valence electrons. The first-order valence-electron chi connectivity index (χ1n) is 11.9. The first-order valence-corrected chi connectivity index (χ1v) is 12.9. The number of carboxylic acid groups (broad SMARTS) is 2. The predicted octanol–water partition coefficient (Wildman–Crippen LogP) is 6.05. The van der Waals surface area contributed by atoms with Crippen LogP contribution in [0.15, 0.2) is 11.6 Å². The highest BCUT2D eigenvalue weighted by molar-refractivity contribution is 8.00. The van der Waals surface area contributed by atoms with E-state index < -0.39 is 18.0 Å². The largest absolute Gasteiger partial charge is 0.481 e. The van der Waals surface area contributed by atoms with Crippen LogP contribution in [0.4, 0.5) is 0 Å². The number of rotatable bonds is 17. The SMILES string of the molecule is CCCCCCCCCCCCC/C=C1\CC[C@H](CC(=O)O)[C@@H](O)[C@@H]1SCC(=O)O. The fourth-order valence-corrected chi connectivity index (χ4v) is 5.43.